The van der Waals surface area contributed by atoms with E-state index in [2.05, 4.69) is 10.3 Å². The van der Waals surface area contributed by atoms with E-state index in [0.29, 0.717) is 26.1 Å². The van der Waals surface area contributed by atoms with Crippen LogP contribution in [0.15, 0.2) is 24.5 Å². The zero-order chi connectivity index (χ0) is 14.5. The van der Waals surface area contributed by atoms with Gasteiger partial charge in [-0.3, -0.25) is 14.6 Å². The molecule has 1 fully saturated rings. The molecular weight excluding hydrogens is 254 g/mol. The number of amides is 2. The van der Waals surface area contributed by atoms with E-state index in [0.717, 1.165) is 5.56 Å². The van der Waals surface area contributed by atoms with Crippen molar-refractivity contribution in [2.75, 3.05) is 13.1 Å². The first-order chi connectivity index (χ1) is 9.67. The van der Waals surface area contributed by atoms with Crippen LogP contribution in [0.4, 0.5) is 0 Å². The number of nitrogens with zero attached hydrogens (tertiary/aromatic N) is 2. The Balaban J connectivity index is 1.80. The highest BCUT2D eigenvalue weighted by Gasteiger charge is 2.48. The van der Waals surface area contributed by atoms with Crippen LogP contribution < -0.4 is 5.32 Å². The number of carbonyl (C=O) groups is 2. The molecule has 0 bridgehead atoms. The first-order valence-electron chi connectivity index (χ1n) is 7.12. The van der Waals surface area contributed by atoms with Crippen LogP contribution in [0.1, 0.15) is 25.8 Å². The van der Waals surface area contributed by atoms with Crippen LogP contribution in [0.2, 0.25) is 0 Å². The summed E-state index contributed by atoms with van der Waals surface area (Å²) < 4.78 is 0. The summed E-state index contributed by atoms with van der Waals surface area (Å²) in [7, 11) is 0. The third-order valence-corrected chi connectivity index (χ3v) is 3.74. The van der Waals surface area contributed by atoms with Crippen LogP contribution in [0.3, 0.4) is 0 Å². The lowest BCUT2D eigenvalue weighted by molar-refractivity contribution is -0.134. The van der Waals surface area contributed by atoms with Crippen molar-refractivity contribution in [1.82, 2.24) is 15.2 Å². The second-order valence-electron chi connectivity index (χ2n) is 5.03. The summed E-state index contributed by atoms with van der Waals surface area (Å²) in [6.07, 6.45) is 4.08. The summed E-state index contributed by atoms with van der Waals surface area (Å²) in [6, 6.07) is 3.73. The Kier molecular flexibility index (Phi) is 4.71. The molecule has 1 aromatic heterocycles. The van der Waals surface area contributed by atoms with Gasteiger partial charge in [0.15, 0.2) is 0 Å². The monoisotopic (exact) mass is 275 g/mol. The SMILES string of the molecule is CCN(CC)C(=O)C1CC1C(=O)NCc1ccncc1. The first-order valence-corrected chi connectivity index (χ1v) is 7.12. The lowest BCUT2D eigenvalue weighted by atomic mass is 10.2. The minimum absolute atomic E-state index is 0.0210. The summed E-state index contributed by atoms with van der Waals surface area (Å²) in [6.45, 7) is 5.82. The van der Waals surface area contributed by atoms with E-state index in [4.69, 9.17) is 0 Å². The summed E-state index contributed by atoms with van der Waals surface area (Å²) in [4.78, 5) is 29.8. The fraction of sp³-hybridized carbons (Fsp3) is 0.533. The third kappa shape index (κ3) is 3.35. The lowest BCUT2D eigenvalue weighted by Crippen LogP contribution is -2.34. The van der Waals surface area contributed by atoms with Crippen molar-refractivity contribution >= 4 is 11.8 Å². The van der Waals surface area contributed by atoms with Crippen molar-refractivity contribution in [2.45, 2.75) is 26.8 Å². The van der Waals surface area contributed by atoms with Gasteiger partial charge in [-0.2, -0.15) is 0 Å². The molecule has 0 aliphatic heterocycles. The molecule has 5 heteroatoms. The van der Waals surface area contributed by atoms with Gasteiger partial charge in [-0.1, -0.05) is 0 Å². The third-order valence-electron chi connectivity index (χ3n) is 3.74. The molecule has 0 spiro atoms. The van der Waals surface area contributed by atoms with E-state index in [9.17, 15) is 9.59 Å². The zero-order valence-electron chi connectivity index (χ0n) is 12.0. The Morgan fingerprint density at radius 3 is 2.50 bits per heavy atom. The fourth-order valence-corrected chi connectivity index (χ4v) is 2.35. The topological polar surface area (TPSA) is 62.3 Å². The van der Waals surface area contributed by atoms with Gasteiger partial charge in [-0.25, -0.2) is 0 Å². The molecule has 0 aromatic carbocycles. The highest BCUT2D eigenvalue weighted by atomic mass is 16.2. The van der Waals surface area contributed by atoms with Crippen LogP contribution in [-0.4, -0.2) is 34.8 Å². The molecular formula is C15H21N3O2. The molecule has 1 aromatic rings. The van der Waals surface area contributed by atoms with Gasteiger partial charge in [0, 0.05) is 32.0 Å². The maximum absolute atomic E-state index is 12.1. The van der Waals surface area contributed by atoms with Crippen LogP contribution in [0, 0.1) is 11.8 Å². The Bertz CT molecular complexity index is 471. The molecule has 0 saturated heterocycles. The zero-order valence-corrected chi connectivity index (χ0v) is 12.0. The minimum atomic E-state index is -0.148. The summed E-state index contributed by atoms with van der Waals surface area (Å²) in [5.41, 5.74) is 1.01. The van der Waals surface area contributed by atoms with Gasteiger partial charge in [0.05, 0.1) is 11.8 Å². The number of hydrogen-bond acceptors (Lipinski definition) is 3. The van der Waals surface area contributed by atoms with Crippen LogP contribution >= 0.6 is 0 Å². The molecule has 1 saturated carbocycles. The molecule has 0 radical (unpaired) electrons. The second-order valence-corrected chi connectivity index (χ2v) is 5.03. The molecule has 2 unspecified atom stereocenters. The maximum Gasteiger partial charge on any atom is 0.226 e. The first kappa shape index (κ1) is 14.5. The van der Waals surface area contributed by atoms with E-state index in [1.54, 1.807) is 17.3 Å². The largest absolute Gasteiger partial charge is 0.352 e. The number of hydrogen-bond donors (Lipinski definition) is 1. The molecule has 2 atom stereocenters. The molecule has 20 heavy (non-hydrogen) atoms. The highest BCUT2D eigenvalue weighted by Crippen LogP contribution is 2.40. The predicted molar refractivity (Wildman–Crippen MR) is 75.6 cm³/mol. The lowest BCUT2D eigenvalue weighted by Gasteiger charge is -2.18. The molecule has 1 N–H and O–H groups in total. The van der Waals surface area contributed by atoms with E-state index < -0.39 is 0 Å². The van der Waals surface area contributed by atoms with Gasteiger partial charge < -0.3 is 10.2 Å². The van der Waals surface area contributed by atoms with Crippen molar-refractivity contribution in [2.24, 2.45) is 11.8 Å². The van der Waals surface area contributed by atoms with Crippen LogP contribution in [0.25, 0.3) is 0 Å². The average Bonchev–Trinajstić information content (AvgIpc) is 3.27. The number of nitrogens with one attached hydrogen (secondary N) is 1. The predicted octanol–water partition coefficient (Wildman–Crippen LogP) is 1.20. The van der Waals surface area contributed by atoms with Crippen molar-refractivity contribution in [3.63, 3.8) is 0 Å². The maximum atomic E-state index is 12.1. The fourth-order valence-electron chi connectivity index (χ4n) is 2.35. The van der Waals surface area contributed by atoms with Gasteiger partial charge in [-0.05, 0) is 38.0 Å². The summed E-state index contributed by atoms with van der Waals surface area (Å²) in [5.74, 6) is -0.177. The molecule has 1 heterocycles. The van der Waals surface area contributed by atoms with Crippen LogP contribution in [-0.2, 0) is 16.1 Å². The number of rotatable bonds is 6. The smallest absolute Gasteiger partial charge is 0.226 e. The van der Waals surface area contributed by atoms with Gasteiger partial charge in [-0.15, -0.1) is 0 Å². The quantitative estimate of drug-likeness (QED) is 0.848. The van der Waals surface area contributed by atoms with Crippen molar-refractivity contribution < 1.29 is 9.59 Å². The van der Waals surface area contributed by atoms with Crippen LogP contribution in [0.5, 0.6) is 0 Å². The van der Waals surface area contributed by atoms with Gasteiger partial charge in [0.2, 0.25) is 11.8 Å². The normalized spacial score (nSPS) is 20.3. The van der Waals surface area contributed by atoms with Crippen molar-refractivity contribution in [3.05, 3.63) is 30.1 Å². The summed E-state index contributed by atoms with van der Waals surface area (Å²) in [5, 5.41) is 2.88. The molecule has 2 amide bonds. The van der Waals surface area contributed by atoms with Crippen molar-refractivity contribution in [1.29, 1.82) is 0 Å². The van der Waals surface area contributed by atoms with E-state index in [1.165, 1.54) is 0 Å². The molecule has 108 valence electrons. The standard InChI is InChI=1S/C15H21N3O2/c1-3-18(4-2)15(20)13-9-12(13)14(19)17-10-11-5-7-16-8-6-11/h5-8,12-13H,3-4,9-10H2,1-2H3,(H,17,19). The highest BCUT2D eigenvalue weighted by molar-refractivity contribution is 5.92. The Labute approximate surface area is 119 Å². The molecule has 5 nitrogen and oxygen atoms in total. The Morgan fingerprint density at radius 1 is 1.25 bits per heavy atom. The number of pyridine rings is 1. The molecule has 2 rings (SSSR count). The number of aromatic nitrogens is 1. The molecule has 1 aliphatic rings. The number of carbonyl (C=O) groups excluding carboxylic acids is 2. The Morgan fingerprint density at radius 2 is 1.90 bits per heavy atom. The Hall–Kier alpha value is -1.91. The molecule has 1 aliphatic carbocycles. The minimum Gasteiger partial charge on any atom is -0.352 e. The average molecular weight is 275 g/mol. The van der Waals surface area contributed by atoms with Gasteiger partial charge >= 0.3 is 0 Å². The van der Waals surface area contributed by atoms with E-state index in [-0.39, 0.29) is 23.7 Å². The second kappa shape index (κ2) is 6.50. The van der Waals surface area contributed by atoms with Gasteiger partial charge in [0.25, 0.3) is 0 Å². The van der Waals surface area contributed by atoms with E-state index in [1.807, 2.05) is 26.0 Å². The van der Waals surface area contributed by atoms with E-state index >= 15 is 0 Å². The summed E-state index contributed by atoms with van der Waals surface area (Å²) >= 11 is 0. The van der Waals surface area contributed by atoms with Gasteiger partial charge in [0.1, 0.15) is 0 Å². The van der Waals surface area contributed by atoms with Crippen molar-refractivity contribution in [3.8, 4) is 0 Å².